The summed E-state index contributed by atoms with van der Waals surface area (Å²) in [6, 6.07) is 7.97. The molecule has 0 fully saturated rings. The first kappa shape index (κ1) is 20.3. The van der Waals surface area contributed by atoms with Gasteiger partial charge >= 0.3 is 0 Å². The van der Waals surface area contributed by atoms with Crippen LogP contribution in [0.5, 0.6) is 0 Å². The molecule has 0 bridgehead atoms. The van der Waals surface area contributed by atoms with Gasteiger partial charge in [0.05, 0.1) is 6.04 Å². The van der Waals surface area contributed by atoms with E-state index in [-0.39, 0.29) is 6.04 Å². The molecule has 30 heavy (non-hydrogen) atoms. The highest BCUT2D eigenvalue weighted by Gasteiger charge is 2.25. The third-order valence-electron chi connectivity index (χ3n) is 4.98. The molecule has 1 amide bonds. The van der Waals surface area contributed by atoms with Gasteiger partial charge in [0, 0.05) is 29.4 Å². The summed E-state index contributed by atoms with van der Waals surface area (Å²) in [5.41, 5.74) is 2.90. The number of halogens is 3. The zero-order valence-corrected chi connectivity index (χ0v) is 16.8. The van der Waals surface area contributed by atoms with Crippen LogP contribution in [0.15, 0.2) is 53.5 Å². The lowest BCUT2D eigenvalue weighted by atomic mass is 9.89. The lowest BCUT2D eigenvalue weighted by Crippen LogP contribution is -2.28. The number of thiazole rings is 1. The van der Waals surface area contributed by atoms with Crippen molar-refractivity contribution >= 4 is 28.5 Å². The summed E-state index contributed by atoms with van der Waals surface area (Å²) in [5.74, 6) is -4.55. The summed E-state index contributed by atoms with van der Waals surface area (Å²) < 4.78 is 40.7. The summed E-state index contributed by atoms with van der Waals surface area (Å²) in [7, 11) is 0. The number of rotatable bonds is 4. The van der Waals surface area contributed by atoms with Crippen molar-refractivity contribution in [1.82, 2.24) is 10.3 Å². The van der Waals surface area contributed by atoms with Gasteiger partial charge in [-0.2, -0.15) is 0 Å². The normalized spacial score (nSPS) is 16.6. The predicted molar refractivity (Wildman–Crippen MR) is 111 cm³/mol. The molecule has 1 atom stereocenters. The first-order chi connectivity index (χ1) is 14.4. The van der Waals surface area contributed by atoms with Crippen LogP contribution < -0.4 is 10.6 Å². The molecule has 1 aliphatic rings. The van der Waals surface area contributed by atoms with E-state index in [9.17, 15) is 18.0 Å². The fourth-order valence-corrected chi connectivity index (χ4v) is 4.29. The molecule has 154 valence electrons. The molecule has 0 radical (unpaired) electrons. The number of nitrogens with zero attached hydrogens (tertiary/aromatic N) is 1. The second-order valence-corrected chi connectivity index (χ2v) is 7.90. The number of anilines is 1. The van der Waals surface area contributed by atoms with Gasteiger partial charge in [0.15, 0.2) is 0 Å². The maximum atomic E-state index is 13.8. The van der Waals surface area contributed by atoms with Gasteiger partial charge in [0.1, 0.15) is 28.0 Å². The Morgan fingerprint density at radius 3 is 2.50 bits per heavy atom. The molecule has 0 saturated heterocycles. The summed E-state index contributed by atoms with van der Waals surface area (Å²) in [6.45, 7) is 2.95. The van der Waals surface area contributed by atoms with E-state index in [1.165, 1.54) is 5.57 Å². The van der Waals surface area contributed by atoms with Crippen LogP contribution in [0.3, 0.4) is 0 Å². The molecule has 2 heterocycles. The minimum Gasteiger partial charge on any atom is -0.322 e. The number of hydrogen-bond donors (Lipinski definition) is 2. The average molecular weight is 429 g/mol. The van der Waals surface area contributed by atoms with E-state index in [1.807, 2.05) is 17.5 Å². The van der Waals surface area contributed by atoms with E-state index in [2.05, 4.69) is 22.5 Å². The van der Waals surface area contributed by atoms with Crippen LogP contribution in [0.2, 0.25) is 0 Å². The summed E-state index contributed by atoms with van der Waals surface area (Å²) in [6.07, 6.45) is 2.69. The van der Waals surface area contributed by atoms with Gasteiger partial charge < -0.3 is 10.6 Å². The highest BCUT2D eigenvalue weighted by Crippen LogP contribution is 2.37. The molecule has 2 N–H and O–H groups in total. The van der Waals surface area contributed by atoms with Crippen molar-refractivity contribution in [3.8, 4) is 0 Å². The zero-order chi connectivity index (χ0) is 21.3. The van der Waals surface area contributed by atoms with Crippen molar-refractivity contribution in [2.75, 3.05) is 11.9 Å². The van der Waals surface area contributed by atoms with Gasteiger partial charge in [-0.3, -0.25) is 4.79 Å². The molecule has 3 aromatic rings. The Morgan fingerprint density at radius 2 is 1.87 bits per heavy atom. The molecule has 8 heteroatoms. The minimum absolute atomic E-state index is 0.0124. The van der Waals surface area contributed by atoms with Crippen LogP contribution in [0, 0.1) is 17.5 Å². The Morgan fingerprint density at radius 1 is 1.17 bits per heavy atom. The Balaban J connectivity index is 1.58. The number of benzene rings is 2. The highest BCUT2D eigenvalue weighted by atomic mass is 32.1. The molecular formula is C22H18F3N3OS. The molecular weight excluding hydrogens is 411 g/mol. The van der Waals surface area contributed by atoms with Crippen LogP contribution in [0.1, 0.15) is 40.3 Å². The first-order valence-electron chi connectivity index (χ1n) is 9.33. The second-order valence-electron chi connectivity index (χ2n) is 6.98. The highest BCUT2D eigenvalue weighted by molar-refractivity contribution is 7.09. The molecule has 1 aliphatic heterocycles. The van der Waals surface area contributed by atoms with Gasteiger partial charge in [-0.05, 0) is 43.2 Å². The monoisotopic (exact) mass is 429 g/mol. The average Bonchev–Trinajstić information content (AvgIpc) is 3.22. The topological polar surface area (TPSA) is 54.0 Å². The lowest BCUT2D eigenvalue weighted by molar-refractivity contribution is 0.101. The Bertz CT molecular complexity index is 1090. The van der Waals surface area contributed by atoms with Gasteiger partial charge in [-0.1, -0.05) is 17.7 Å². The van der Waals surface area contributed by atoms with E-state index in [0.29, 0.717) is 17.8 Å². The van der Waals surface area contributed by atoms with E-state index in [1.54, 1.807) is 29.7 Å². The number of aromatic nitrogens is 1. The van der Waals surface area contributed by atoms with E-state index in [4.69, 9.17) is 0 Å². The predicted octanol–water partition coefficient (Wildman–Crippen LogP) is 5.32. The van der Waals surface area contributed by atoms with E-state index >= 15 is 0 Å². The largest absolute Gasteiger partial charge is 0.322 e. The Labute approximate surface area is 175 Å². The molecule has 0 aliphatic carbocycles. The Kier molecular flexibility index (Phi) is 5.69. The standard InChI is InChI=1S/C22H18F3N3OS/c1-12-6-7-26-20(22-27-8-9-30-22)18(12)13-2-4-15(5-3-13)28-21(29)19-16(24)10-14(23)11-17(19)25/h2-5,8-11,20,26H,6-7H2,1H3,(H,28,29). The quantitative estimate of drug-likeness (QED) is 0.590. The summed E-state index contributed by atoms with van der Waals surface area (Å²) >= 11 is 1.58. The maximum absolute atomic E-state index is 13.8. The van der Waals surface area contributed by atoms with Crippen LogP contribution in [-0.4, -0.2) is 17.4 Å². The van der Waals surface area contributed by atoms with Crippen LogP contribution in [0.25, 0.3) is 5.57 Å². The maximum Gasteiger partial charge on any atom is 0.261 e. The molecule has 2 aromatic carbocycles. The summed E-state index contributed by atoms with van der Waals surface area (Å²) in [5, 5.41) is 8.86. The van der Waals surface area contributed by atoms with E-state index in [0.717, 1.165) is 29.1 Å². The van der Waals surface area contributed by atoms with Gasteiger partial charge in [-0.25, -0.2) is 18.2 Å². The molecule has 0 spiro atoms. The fraction of sp³-hybridized carbons (Fsp3) is 0.182. The molecule has 4 rings (SSSR count). The molecule has 1 aromatic heterocycles. The van der Waals surface area contributed by atoms with Crippen molar-refractivity contribution in [3.63, 3.8) is 0 Å². The van der Waals surface area contributed by atoms with Gasteiger partial charge in [0.25, 0.3) is 5.91 Å². The van der Waals surface area contributed by atoms with Crippen LogP contribution in [0.4, 0.5) is 18.9 Å². The van der Waals surface area contributed by atoms with Gasteiger partial charge in [-0.15, -0.1) is 11.3 Å². The number of carbonyl (C=O) groups excluding carboxylic acids is 1. The van der Waals surface area contributed by atoms with E-state index < -0.39 is 28.9 Å². The van der Waals surface area contributed by atoms with Crippen molar-refractivity contribution in [3.05, 3.63) is 87.1 Å². The third kappa shape index (κ3) is 4.01. The smallest absolute Gasteiger partial charge is 0.261 e. The number of hydrogen-bond acceptors (Lipinski definition) is 4. The van der Waals surface area contributed by atoms with Crippen molar-refractivity contribution in [1.29, 1.82) is 0 Å². The third-order valence-corrected chi connectivity index (χ3v) is 5.82. The SMILES string of the molecule is CC1=C(c2ccc(NC(=O)c3c(F)cc(F)cc3F)cc2)C(c2nccs2)NCC1. The number of nitrogens with one attached hydrogen (secondary N) is 2. The summed E-state index contributed by atoms with van der Waals surface area (Å²) in [4.78, 5) is 16.7. The Hall–Kier alpha value is -2.97. The number of carbonyl (C=O) groups is 1. The minimum atomic E-state index is -1.25. The van der Waals surface area contributed by atoms with Crippen LogP contribution in [-0.2, 0) is 0 Å². The number of amides is 1. The second kappa shape index (κ2) is 8.41. The lowest BCUT2D eigenvalue weighted by Gasteiger charge is -2.28. The van der Waals surface area contributed by atoms with Crippen LogP contribution >= 0.6 is 11.3 Å². The first-order valence-corrected chi connectivity index (χ1v) is 10.2. The van der Waals surface area contributed by atoms with Crippen molar-refractivity contribution < 1.29 is 18.0 Å². The van der Waals surface area contributed by atoms with Crippen molar-refractivity contribution in [2.24, 2.45) is 0 Å². The fourth-order valence-electron chi connectivity index (χ4n) is 3.57. The van der Waals surface area contributed by atoms with Crippen molar-refractivity contribution in [2.45, 2.75) is 19.4 Å². The molecule has 4 nitrogen and oxygen atoms in total. The molecule has 0 saturated carbocycles. The molecule has 1 unspecified atom stereocenters. The van der Waals surface area contributed by atoms with Gasteiger partial charge in [0.2, 0.25) is 0 Å². The zero-order valence-electron chi connectivity index (χ0n) is 16.0.